The molecule has 0 unspecified atom stereocenters. The van der Waals surface area contributed by atoms with E-state index in [2.05, 4.69) is 10.2 Å². The van der Waals surface area contributed by atoms with Gasteiger partial charge in [-0.25, -0.2) is 8.78 Å². The first kappa shape index (κ1) is 18.9. The number of halogens is 2. The number of carbonyl (C=O) groups excluding carboxylic acids is 1. The number of rotatable bonds is 6. The van der Waals surface area contributed by atoms with Crippen LogP contribution in [0.4, 0.5) is 14.5 Å². The van der Waals surface area contributed by atoms with Crippen LogP contribution < -0.4 is 5.32 Å². The average molecular weight is 386 g/mol. The molecular weight excluding hydrogens is 362 g/mol. The van der Waals surface area contributed by atoms with E-state index in [1.165, 1.54) is 24.3 Å². The summed E-state index contributed by atoms with van der Waals surface area (Å²) in [6, 6.07) is 12.0. The summed E-state index contributed by atoms with van der Waals surface area (Å²) in [6.45, 7) is 3.17. The quantitative estimate of drug-likeness (QED) is 0.767. The normalized spacial score (nSPS) is 24.6. The number of nitrogens with one attached hydrogen (secondary N) is 1. The molecule has 0 spiro atoms. The highest BCUT2D eigenvalue weighted by atomic mass is 19.1. The molecule has 3 fully saturated rings. The van der Waals surface area contributed by atoms with Gasteiger partial charge in [0.15, 0.2) is 0 Å². The minimum absolute atomic E-state index is 0.0906. The van der Waals surface area contributed by atoms with Crippen molar-refractivity contribution >= 4 is 11.7 Å². The Balaban J connectivity index is 1.48. The fourth-order valence-corrected chi connectivity index (χ4v) is 4.13. The number of benzene rings is 2. The molecule has 3 aliphatic heterocycles. The lowest BCUT2D eigenvalue weighted by Crippen LogP contribution is -2.52. The van der Waals surface area contributed by atoms with Crippen molar-refractivity contribution in [3.63, 3.8) is 0 Å². The zero-order valence-electron chi connectivity index (χ0n) is 15.6. The number of piperidine rings is 3. The first-order valence-corrected chi connectivity index (χ1v) is 9.76. The first-order chi connectivity index (χ1) is 13.6. The lowest BCUT2D eigenvalue weighted by Gasteiger charge is -2.44. The molecule has 0 aliphatic carbocycles. The van der Waals surface area contributed by atoms with Crippen LogP contribution in [0.1, 0.15) is 24.3 Å². The molecule has 2 atom stereocenters. The molecule has 0 saturated carbocycles. The Morgan fingerprint density at radius 2 is 1.86 bits per heavy atom. The van der Waals surface area contributed by atoms with Gasteiger partial charge in [-0.3, -0.25) is 9.69 Å². The largest absolute Gasteiger partial charge is 0.460 e. The molecule has 4 nitrogen and oxygen atoms in total. The van der Waals surface area contributed by atoms with E-state index in [9.17, 15) is 13.6 Å². The van der Waals surface area contributed by atoms with Crippen molar-refractivity contribution in [3.05, 3.63) is 65.7 Å². The second-order valence-electron chi connectivity index (χ2n) is 7.61. The third-order valence-corrected chi connectivity index (χ3v) is 5.76. The Bertz CT molecular complexity index is 820. The molecule has 2 bridgehead atoms. The lowest BCUT2D eigenvalue weighted by molar-refractivity contribution is -0.160. The number of hydrogen-bond donors (Lipinski definition) is 1. The second kappa shape index (κ2) is 8.27. The van der Waals surface area contributed by atoms with Crippen LogP contribution >= 0.6 is 0 Å². The summed E-state index contributed by atoms with van der Waals surface area (Å²) in [6.07, 6.45) is 2.02. The zero-order valence-corrected chi connectivity index (χ0v) is 15.6. The van der Waals surface area contributed by atoms with Crippen LogP contribution in [0.3, 0.4) is 0 Å². The number of esters is 1. The molecule has 1 N–H and O–H groups in total. The van der Waals surface area contributed by atoms with Crippen molar-refractivity contribution in [3.8, 4) is 0 Å². The summed E-state index contributed by atoms with van der Waals surface area (Å²) < 4.78 is 32.7. The second-order valence-corrected chi connectivity index (χ2v) is 7.61. The third-order valence-electron chi connectivity index (χ3n) is 5.76. The Morgan fingerprint density at radius 3 is 2.50 bits per heavy atom. The summed E-state index contributed by atoms with van der Waals surface area (Å²) >= 11 is 0. The molecule has 148 valence electrons. The SMILES string of the molecule is O=C(O[C@H]1CN2CCC1CC2)[C@H](CNc1cccc(F)c1)c1ccc(F)cc1. The van der Waals surface area contributed by atoms with Crippen LogP contribution in [0.25, 0.3) is 0 Å². The number of ether oxygens (including phenoxy) is 1. The molecule has 3 aliphatic rings. The molecule has 2 aromatic rings. The minimum atomic E-state index is -0.598. The minimum Gasteiger partial charge on any atom is -0.460 e. The van der Waals surface area contributed by atoms with Gasteiger partial charge in [-0.15, -0.1) is 0 Å². The molecule has 5 rings (SSSR count). The van der Waals surface area contributed by atoms with E-state index in [1.54, 1.807) is 24.3 Å². The third kappa shape index (κ3) is 4.33. The van der Waals surface area contributed by atoms with Crippen molar-refractivity contribution in [1.29, 1.82) is 0 Å². The maximum Gasteiger partial charge on any atom is 0.315 e. The van der Waals surface area contributed by atoms with Crippen molar-refractivity contribution < 1.29 is 18.3 Å². The number of anilines is 1. The highest BCUT2D eigenvalue weighted by Crippen LogP contribution is 2.31. The smallest absolute Gasteiger partial charge is 0.315 e. The summed E-state index contributed by atoms with van der Waals surface area (Å²) in [5.41, 5.74) is 1.26. The van der Waals surface area contributed by atoms with Crippen molar-refractivity contribution in [2.75, 3.05) is 31.5 Å². The molecule has 3 saturated heterocycles. The number of hydrogen-bond acceptors (Lipinski definition) is 4. The molecule has 3 heterocycles. The predicted molar refractivity (Wildman–Crippen MR) is 103 cm³/mol. The van der Waals surface area contributed by atoms with Crippen molar-refractivity contribution in [1.82, 2.24) is 4.90 Å². The highest BCUT2D eigenvalue weighted by Gasteiger charge is 2.37. The van der Waals surface area contributed by atoms with Gasteiger partial charge in [-0.1, -0.05) is 18.2 Å². The molecule has 6 heteroatoms. The summed E-state index contributed by atoms with van der Waals surface area (Å²) in [5.74, 6) is -1.21. The van der Waals surface area contributed by atoms with Gasteiger partial charge in [-0.2, -0.15) is 0 Å². The van der Waals surface area contributed by atoms with Gasteiger partial charge in [-0.05, 0) is 67.7 Å². The van der Waals surface area contributed by atoms with E-state index in [1.807, 2.05) is 0 Å². The fourth-order valence-electron chi connectivity index (χ4n) is 4.13. The summed E-state index contributed by atoms with van der Waals surface area (Å²) in [5, 5.41) is 3.11. The Kier molecular flexibility index (Phi) is 5.57. The van der Waals surface area contributed by atoms with Gasteiger partial charge in [0, 0.05) is 18.8 Å². The van der Waals surface area contributed by atoms with E-state index in [0.717, 1.165) is 32.5 Å². The van der Waals surface area contributed by atoms with Gasteiger partial charge in [0.25, 0.3) is 0 Å². The number of carbonyl (C=O) groups is 1. The van der Waals surface area contributed by atoms with Crippen LogP contribution in [-0.4, -0.2) is 43.2 Å². The van der Waals surface area contributed by atoms with Crippen LogP contribution in [0.2, 0.25) is 0 Å². The Morgan fingerprint density at radius 1 is 1.11 bits per heavy atom. The number of nitrogens with zero attached hydrogens (tertiary/aromatic N) is 1. The number of fused-ring (bicyclic) bond motifs is 3. The van der Waals surface area contributed by atoms with E-state index in [0.29, 0.717) is 17.2 Å². The van der Waals surface area contributed by atoms with Crippen molar-refractivity contribution in [2.24, 2.45) is 5.92 Å². The monoisotopic (exact) mass is 386 g/mol. The predicted octanol–water partition coefficient (Wildman–Crippen LogP) is 3.80. The standard InChI is InChI=1S/C22H24F2N2O2/c23-17-6-4-15(5-7-17)20(13-25-19-3-1-2-18(24)12-19)22(27)28-21-14-26-10-8-16(21)9-11-26/h1-7,12,16,20-21,25H,8-11,13-14H2/t20-,21+/m1/s1. The summed E-state index contributed by atoms with van der Waals surface area (Å²) in [4.78, 5) is 15.3. The van der Waals surface area contributed by atoms with Gasteiger partial charge >= 0.3 is 5.97 Å². The van der Waals surface area contributed by atoms with Crippen LogP contribution in [0.15, 0.2) is 48.5 Å². The molecule has 28 heavy (non-hydrogen) atoms. The molecule has 0 aromatic heterocycles. The van der Waals surface area contributed by atoms with E-state index in [4.69, 9.17) is 4.74 Å². The van der Waals surface area contributed by atoms with Crippen LogP contribution in [0, 0.1) is 17.6 Å². The zero-order chi connectivity index (χ0) is 19.5. The first-order valence-electron chi connectivity index (χ1n) is 9.76. The fraction of sp³-hybridized carbons (Fsp3) is 0.409. The maximum absolute atomic E-state index is 13.4. The average Bonchev–Trinajstić information content (AvgIpc) is 2.70. The molecule has 0 amide bonds. The Hall–Kier alpha value is -2.47. The maximum atomic E-state index is 13.4. The van der Waals surface area contributed by atoms with Gasteiger partial charge < -0.3 is 10.1 Å². The van der Waals surface area contributed by atoms with Crippen LogP contribution in [0.5, 0.6) is 0 Å². The topological polar surface area (TPSA) is 41.6 Å². The van der Waals surface area contributed by atoms with E-state index < -0.39 is 5.92 Å². The van der Waals surface area contributed by atoms with Gasteiger partial charge in [0.05, 0.1) is 5.92 Å². The molecular formula is C22H24F2N2O2. The molecule has 2 aromatic carbocycles. The Labute approximate surface area is 163 Å². The van der Waals surface area contributed by atoms with E-state index in [-0.39, 0.29) is 30.3 Å². The van der Waals surface area contributed by atoms with E-state index >= 15 is 0 Å². The van der Waals surface area contributed by atoms with Gasteiger partial charge in [0.2, 0.25) is 0 Å². The highest BCUT2D eigenvalue weighted by molar-refractivity contribution is 5.79. The van der Waals surface area contributed by atoms with Crippen molar-refractivity contribution in [2.45, 2.75) is 24.9 Å². The van der Waals surface area contributed by atoms with Gasteiger partial charge in [0.1, 0.15) is 17.7 Å². The lowest BCUT2D eigenvalue weighted by atomic mass is 9.85. The summed E-state index contributed by atoms with van der Waals surface area (Å²) in [7, 11) is 0. The molecule has 0 radical (unpaired) electrons. The van der Waals surface area contributed by atoms with Crippen LogP contribution in [-0.2, 0) is 9.53 Å².